The average molecular weight is 277 g/mol. The molecule has 1 aromatic rings. The first-order chi connectivity index (χ1) is 9.86. The molecule has 5 heteroatoms. The normalized spacial score (nSPS) is 25.6. The first-order valence-corrected chi connectivity index (χ1v) is 7.44. The zero-order chi connectivity index (χ0) is 13.8. The molecule has 2 aliphatic rings. The molecule has 0 aliphatic carbocycles. The summed E-state index contributed by atoms with van der Waals surface area (Å²) in [6, 6.07) is 4.76. The number of nitrogens with one attached hydrogen (secondary N) is 1. The van der Waals surface area contributed by atoms with Crippen molar-refractivity contribution < 1.29 is 9.47 Å². The van der Waals surface area contributed by atoms with E-state index >= 15 is 0 Å². The number of anilines is 1. The zero-order valence-corrected chi connectivity index (χ0v) is 12.0. The third-order valence-electron chi connectivity index (χ3n) is 4.21. The number of pyridine rings is 1. The number of morpholine rings is 1. The van der Waals surface area contributed by atoms with E-state index in [4.69, 9.17) is 9.47 Å². The minimum absolute atomic E-state index is 0.0949. The van der Waals surface area contributed by atoms with Crippen LogP contribution in [0.25, 0.3) is 0 Å². The highest BCUT2D eigenvalue weighted by atomic mass is 16.5. The van der Waals surface area contributed by atoms with E-state index in [2.05, 4.69) is 27.3 Å². The van der Waals surface area contributed by atoms with Gasteiger partial charge in [-0.1, -0.05) is 0 Å². The van der Waals surface area contributed by atoms with Gasteiger partial charge >= 0.3 is 0 Å². The SMILES string of the molecule is CNc1ccc([C@H]2CN(C3CCOCC3)CCO2)nc1. The molecule has 0 saturated carbocycles. The Morgan fingerprint density at radius 3 is 2.80 bits per heavy atom. The molecule has 0 spiro atoms. The predicted molar refractivity (Wildman–Crippen MR) is 77.9 cm³/mol. The van der Waals surface area contributed by atoms with Crippen LogP contribution < -0.4 is 5.32 Å². The van der Waals surface area contributed by atoms with E-state index in [-0.39, 0.29) is 6.10 Å². The minimum atomic E-state index is 0.0949. The van der Waals surface area contributed by atoms with Gasteiger partial charge in [-0.2, -0.15) is 0 Å². The molecule has 1 aromatic heterocycles. The third-order valence-corrected chi connectivity index (χ3v) is 4.21. The van der Waals surface area contributed by atoms with Gasteiger partial charge in [-0.15, -0.1) is 0 Å². The Balaban J connectivity index is 1.64. The van der Waals surface area contributed by atoms with Crippen molar-refractivity contribution in [3.63, 3.8) is 0 Å². The smallest absolute Gasteiger partial charge is 0.112 e. The fourth-order valence-electron chi connectivity index (χ4n) is 2.97. The van der Waals surface area contributed by atoms with Crippen LogP contribution in [0.15, 0.2) is 18.3 Å². The summed E-state index contributed by atoms with van der Waals surface area (Å²) < 4.78 is 11.4. The molecule has 0 bridgehead atoms. The van der Waals surface area contributed by atoms with Crippen molar-refractivity contribution >= 4 is 5.69 Å². The van der Waals surface area contributed by atoms with Crippen LogP contribution in [0.5, 0.6) is 0 Å². The Morgan fingerprint density at radius 2 is 2.10 bits per heavy atom. The molecule has 0 unspecified atom stereocenters. The van der Waals surface area contributed by atoms with E-state index in [1.54, 1.807) is 0 Å². The molecule has 0 aromatic carbocycles. The van der Waals surface area contributed by atoms with Gasteiger partial charge in [0.1, 0.15) is 6.10 Å². The maximum Gasteiger partial charge on any atom is 0.112 e. The van der Waals surface area contributed by atoms with Gasteiger partial charge < -0.3 is 14.8 Å². The maximum absolute atomic E-state index is 5.90. The topological polar surface area (TPSA) is 46.6 Å². The Kier molecular flexibility index (Phi) is 4.50. The summed E-state index contributed by atoms with van der Waals surface area (Å²) in [5.41, 5.74) is 2.06. The number of rotatable bonds is 3. The van der Waals surface area contributed by atoms with E-state index in [1.807, 2.05) is 13.2 Å². The lowest BCUT2D eigenvalue weighted by atomic mass is 10.0. The van der Waals surface area contributed by atoms with Crippen molar-refractivity contribution in [2.45, 2.75) is 25.0 Å². The largest absolute Gasteiger partial charge is 0.387 e. The van der Waals surface area contributed by atoms with Crippen molar-refractivity contribution in [1.82, 2.24) is 9.88 Å². The lowest BCUT2D eigenvalue weighted by Crippen LogP contribution is -2.47. The molecular weight excluding hydrogens is 254 g/mol. The molecular formula is C15H23N3O2. The van der Waals surface area contributed by atoms with Crippen LogP contribution in [0.3, 0.4) is 0 Å². The Labute approximate surface area is 120 Å². The second-order valence-corrected chi connectivity index (χ2v) is 5.42. The maximum atomic E-state index is 5.90. The van der Waals surface area contributed by atoms with Crippen molar-refractivity contribution in [3.05, 3.63) is 24.0 Å². The van der Waals surface area contributed by atoms with Crippen LogP contribution in [0, 0.1) is 0 Å². The van der Waals surface area contributed by atoms with E-state index in [0.29, 0.717) is 6.04 Å². The second kappa shape index (κ2) is 6.52. The molecule has 2 aliphatic heterocycles. The molecule has 0 amide bonds. The van der Waals surface area contributed by atoms with Crippen molar-refractivity contribution in [3.8, 4) is 0 Å². The Bertz CT molecular complexity index is 418. The summed E-state index contributed by atoms with van der Waals surface area (Å²) in [7, 11) is 1.90. The van der Waals surface area contributed by atoms with E-state index in [1.165, 1.54) is 0 Å². The predicted octanol–water partition coefficient (Wildman–Crippen LogP) is 1.68. The highest BCUT2D eigenvalue weighted by molar-refractivity contribution is 5.40. The third kappa shape index (κ3) is 3.11. The second-order valence-electron chi connectivity index (χ2n) is 5.42. The number of hydrogen-bond donors (Lipinski definition) is 1. The molecule has 20 heavy (non-hydrogen) atoms. The van der Waals surface area contributed by atoms with Gasteiger partial charge in [0.15, 0.2) is 0 Å². The van der Waals surface area contributed by atoms with Gasteiger partial charge in [0.2, 0.25) is 0 Å². The van der Waals surface area contributed by atoms with Crippen LogP contribution in [0.4, 0.5) is 5.69 Å². The number of ether oxygens (including phenoxy) is 2. The zero-order valence-electron chi connectivity index (χ0n) is 12.0. The van der Waals surface area contributed by atoms with Gasteiger partial charge in [0.25, 0.3) is 0 Å². The van der Waals surface area contributed by atoms with Crippen LogP contribution in [0.2, 0.25) is 0 Å². The molecule has 3 heterocycles. The molecule has 2 saturated heterocycles. The van der Waals surface area contributed by atoms with Crippen molar-refractivity contribution in [2.24, 2.45) is 0 Å². The first kappa shape index (κ1) is 13.8. The molecule has 1 atom stereocenters. The summed E-state index contributed by atoms with van der Waals surface area (Å²) in [5, 5.41) is 3.09. The fraction of sp³-hybridized carbons (Fsp3) is 0.667. The summed E-state index contributed by atoms with van der Waals surface area (Å²) in [6.07, 6.45) is 4.24. The van der Waals surface area contributed by atoms with Gasteiger partial charge in [0, 0.05) is 39.4 Å². The van der Waals surface area contributed by atoms with Crippen LogP contribution in [-0.2, 0) is 9.47 Å². The molecule has 1 N–H and O–H groups in total. The average Bonchev–Trinajstić information content (AvgIpc) is 2.56. The first-order valence-electron chi connectivity index (χ1n) is 7.44. The van der Waals surface area contributed by atoms with Gasteiger partial charge in [0.05, 0.1) is 24.2 Å². The molecule has 3 rings (SSSR count). The number of hydrogen-bond acceptors (Lipinski definition) is 5. The fourth-order valence-corrected chi connectivity index (χ4v) is 2.97. The highest BCUT2D eigenvalue weighted by Gasteiger charge is 2.28. The highest BCUT2D eigenvalue weighted by Crippen LogP contribution is 2.25. The Hall–Kier alpha value is -1.17. The molecule has 0 radical (unpaired) electrons. The molecule has 5 nitrogen and oxygen atoms in total. The molecule has 110 valence electrons. The van der Waals surface area contributed by atoms with E-state index in [0.717, 1.165) is 57.1 Å². The minimum Gasteiger partial charge on any atom is -0.387 e. The summed E-state index contributed by atoms with van der Waals surface area (Å²) in [4.78, 5) is 7.06. The Morgan fingerprint density at radius 1 is 1.25 bits per heavy atom. The van der Waals surface area contributed by atoms with Gasteiger partial charge in [-0.3, -0.25) is 9.88 Å². The lowest BCUT2D eigenvalue weighted by molar-refractivity contribution is -0.0647. The summed E-state index contributed by atoms with van der Waals surface area (Å²) in [5.74, 6) is 0. The molecule has 2 fully saturated rings. The van der Waals surface area contributed by atoms with E-state index < -0.39 is 0 Å². The van der Waals surface area contributed by atoms with E-state index in [9.17, 15) is 0 Å². The number of aromatic nitrogens is 1. The van der Waals surface area contributed by atoms with Crippen LogP contribution in [-0.4, -0.2) is 55.9 Å². The van der Waals surface area contributed by atoms with Gasteiger partial charge in [-0.25, -0.2) is 0 Å². The summed E-state index contributed by atoms with van der Waals surface area (Å²) >= 11 is 0. The quantitative estimate of drug-likeness (QED) is 0.911. The summed E-state index contributed by atoms with van der Waals surface area (Å²) in [6.45, 7) is 4.54. The van der Waals surface area contributed by atoms with Crippen LogP contribution in [0.1, 0.15) is 24.6 Å². The van der Waals surface area contributed by atoms with Gasteiger partial charge in [-0.05, 0) is 25.0 Å². The monoisotopic (exact) mass is 277 g/mol. The van der Waals surface area contributed by atoms with Crippen LogP contribution >= 0.6 is 0 Å². The van der Waals surface area contributed by atoms with Crippen molar-refractivity contribution in [2.75, 3.05) is 45.3 Å². The standard InChI is InChI=1S/C15H23N3O2/c1-16-12-2-3-14(17-10-12)15-11-18(6-9-20-15)13-4-7-19-8-5-13/h2-3,10,13,15-16H,4-9,11H2,1H3/t15-/m1/s1. The lowest BCUT2D eigenvalue weighted by Gasteiger charge is -2.39. The number of nitrogens with zero attached hydrogens (tertiary/aromatic N) is 2. The van der Waals surface area contributed by atoms with Crippen molar-refractivity contribution in [1.29, 1.82) is 0 Å².